The molecule has 232 valence electrons. The topological polar surface area (TPSA) is 66.5 Å². The van der Waals surface area contributed by atoms with Crippen molar-refractivity contribution in [1.82, 2.24) is 19.9 Å². The molecular weight excluding hydrogens is 565 g/mol. The van der Waals surface area contributed by atoms with Crippen LogP contribution in [0.2, 0.25) is 0 Å². The van der Waals surface area contributed by atoms with Crippen molar-refractivity contribution in [3.8, 4) is 11.5 Å². The number of ether oxygens (including phenoxy) is 1. The monoisotopic (exact) mass is 610 g/mol. The number of piperidine rings is 1. The number of amides is 1. The molecular formula is C37H46N4O2S. The number of nitrogens with zero attached hydrogens (tertiary/aromatic N) is 2. The van der Waals surface area contributed by atoms with Crippen LogP contribution in [0, 0.1) is 11.3 Å². The number of likely N-dealkylation sites (N-methyl/N-ethyl adjacent to an activating group) is 1. The highest BCUT2D eigenvalue weighted by atomic mass is 32.1. The van der Waals surface area contributed by atoms with Gasteiger partial charge in [-0.15, -0.1) is 0 Å². The standard InChI is InChI=1S/C37H46N4O2S/c1-36(26-39-35(42)29-11-10-14-31(25-29)43-30-12-4-3-5-13-30)21-8-9-22-37(36,38-2)27-41-23-19-28(20-24-41)17-18-33-32-15-6-7-16-34(32)44-40-33/h3-7,10-16,25,28,38H,8-9,17-24,26-27H2,1-2H3,(H,39,42). The number of aromatic nitrogens is 1. The molecule has 44 heavy (non-hydrogen) atoms. The lowest BCUT2D eigenvalue weighted by Gasteiger charge is -2.54. The van der Waals surface area contributed by atoms with Crippen molar-refractivity contribution in [3.05, 3.63) is 90.1 Å². The van der Waals surface area contributed by atoms with Crippen LogP contribution >= 0.6 is 11.5 Å². The zero-order valence-electron chi connectivity index (χ0n) is 26.2. The average molecular weight is 611 g/mol. The van der Waals surface area contributed by atoms with Crippen LogP contribution in [0.15, 0.2) is 78.9 Å². The van der Waals surface area contributed by atoms with E-state index in [9.17, 15) is 4.79 Å². The van der Waals surface area contributed by atoms with E-state index >= 15 is 0 Å². The minimum absolute atomic E-state index is 0.0385. The van der Waals surface area contributed by atoms with E-state index in [0.29, 0.717) is 17.9 Å². The second-order valence-corrected chi connectivity index (χ2v) is 13.9. The minimum atomic E-state index is -0.0472. The van der Waals surface area contributed by atoms with Gasteiger partial charge in [0, 0.05) is 35.0 Å². The number of likely N-dealkylation sites (tertiary alicyclic amines) is 1. The van der Waals surface area contributed by atoms with Gasteiger partial charge in [0.2, 0.25) is 0 Å². The quantitative estimate of drug-likeness (QED) is 0.182. The maximum Gasteiger partial charge on any atom is 0.251 e. The molecule has 1 aliphatic carbocycles. The molecule has 2 atom stereocenters. The molecule has 3 aromatic carbocycles. The fourth-order valence-electron chi connectivity index (χ4n) is 7.49. The maximum atomic E-state index is 13.4. The Morgan fingerprint density at radius 1 is 0.977 bits per heavy atom. The molecule has 1 amide bonds. The summed E-state index contributed by atoms with van der Waals surface area (Å²) in [5.74, 6) is 2.14. The minimum Gasteiger partial charge on any atom is -0.457 e. The highest BCUT2D eigenvalue weighted by Crippen LogP contribution is 2.45. The molecule has 2 unspecified atom stereocenters. The van der Waals surface area contributed by atoms with Gasteiger partial charge in [0.15, 0.2) is 0 Å². The van der Waals surface area contributed by atoms with Gasteiger partial charge in [0.1, 0.15) is 11.5 Å². The largest absolute Gasteiger partial charge is 0.457 e. The van der Waals surface area contributed by atoms with Gasteiger partial charge in [-0.2, -0.15) is 4.37 Å². The van der Waals surface area contributed by atoms with E-state index in [0.717, 1.165) is 50.6 Å². The molecule has 0 bridgehead atoms. The SMILES string of the molecule is CNC1(CN2CCC(CCc3nsc4ccccc34)CC2)CCCCC1(C)CNC(=O)c1cccc(Oc2ccccc2)c1. The van der Waals surface area contributed by atoms with Gasteiger partial charge in [0.05, 0.1) is 10.4 Å². The summed E-state index contributed by atoms with van der Waals surface area (Å²) in [4.78, 5) is 16.1. The second kappa shape index (κ2) is 13.8. The molecule has 6 rings (SSSR count). The Bertz CT molecular complexity index is 1530. The average Bonchev–Trinajstić information content (AvgIpc) is 3.48. The number of carbonyl (C=O) groups excluding carboxylic acids is 1. The van der Waals surface area contributed by atoms with E-state index in [1.165, 1.54) is 47.9 Å². The number of nitrogens with one attached hydrogen (secondary N) is 2. The molecule has 2 fully saturated rings. The number of fused-ring (bicyclic) bond motifs is 1. The first kappa shape index (κ1) is 30.8. The smallest absolute Gasteiger partial charge is 0.251 e. The van der Waals surface area contributed by atoms with Crippen LogP contribution in [-0.4, -0.2) is 53.9 Å². The highest BCUT2D eigenvalue weighted by molar-refractivity contribution is 7.13. The van der Waals surface area contributed by atoms with Crippen molar-refractivity contribution in [2.75, 3.05) is 33.2 Å². The van der Waals surface area contributed by atoms with Gasteiger partial charge < -0.3 is 20.3 Å². The van der Waals surface area contributed by atoms with Crippen LogP contribution in [0.25, 0.3) is 10.1 Å². The molecule has 7 heteroatoms. The Morgan fingerprint density at radius 3 is 2.55 bits per heavy atom. The number of para-hydroxylation sites is 1. The summed E-state index contributed by atoms with van der Waals surface area (Å²) in [6, 6.07) is 25.8. The van der Waals surface area contributed by atoms with E-state index in [1.54, 1.807) is 11.5 Å². The van der Waals surface area contributed by atoms with Crippen LogP contribution in [0.4, 0.5) is 0 Å². The first-order valence-corrected chi connectivity index (χ1v) is 17.1. The third-order valence-electron chi connectivity index (χ3n) is 10.4. The Morgan fingerprint density at radius 2 is 1.73 bits per heavy atom. The number of carbonyl (C=O) groups is 1. The van der Waals surface area contributed by atoms with E-state index in [1.807, 2.05) is 54.6 Å². The fourth-order valence-corrected chi connectivity index (χ4v) is 8.32. The Balaban J connectivity index is 1.04. The van der Waals surface area contributed by atoms with Crippen LogP contribution in [0.5, 0.6) is 11.5 Å². The van der Waals surface area contributed by atoms with E-state index in [-0.39, 0.29) is 16.9 Å². The van der Waals surface area contributed by atoms with Crippen molar-refractivity contribution < 1.29 is 9.53 Å². The van der Waals surface area contributed by atoms with Gasteiger partial charge in [-0.1, -0.05) is 62.2 Å². The highest BCUT2D eigenvalue weighted by Gasteiger charge is 2.49. The molecule has 0 radical (unpaired) electrons. The van der Waals surface area contributed by atoms with E-state index in [4.69, 9.17) is 9.11 Å². The maximum absolute atomic E-state index is 13.4. The Labute approximate surface area is 266 Å². The van der Waals surface area contributed by atoms with Gasteiger partial charge in [-0.3, -0.25) is 4.79 Å². The van der Waals surface area contributed by atoms with Crippen LogP contribution < -0.4 is 15.4 Å². The van der Waals surface area contributed by atoms with Gasteiger partial charge in [-0.25, -0.2) is 0 Å². The zero-order valence-corrected chi connectivity index (χ0v) is 27.0. The summed E-state index contributed by atoms with van der Waals surface area (Å²) < 4.78 is 12.0. The lowest BCUT2D eigenvalue weighted by atomic mass is 9.61. The third kappa shape index (κ3) is 6.85. The normalized spacial score (nSPS) is 23.0. The Hall–Kier alpha value is -3.26. The molecule has 1 aromatic heterocycles. The van der Waals surface area contributed by atoms with E-state index < -0.39 is 0 Å². The van der Waals surface area contributed by atoms with Crippen LogP contribution in [-0.2, 0) is 6.42 Å². The summed E-state index contributed by atoms with van der Waals surface area (Å²) in [5, 5.41) is 8.46. The predicted octanol–water partition coefficient (Wildman–Crippen LogP) is 7.70. The molecule has 2 N–H and O–H groups in total. The van der Waals surface area contributed by atoms with Crippen LogP contribution in [0.3, 0.4) is 0 Å². The molecule has 2 heterocycles. The zero-order chi connectivity index (χ0) is 30.4. The molecule has 2 aliphatic rings. The van der Waals surface area contributed by atoms with Gasteiger partial charge in [-0.05, 0) is 113 Å². The molecule has 1 aliphatic heterocycles. The van der Waals surface area contributed by atoms with Crippen molar-refractivity contribution in [1.29, 1.82) is 0 Å². The predicted molar refractivity (Wildman–Crippen MR) is 181 cm³/mol. The molecule has 4 aromatic rings. The second-order valence-electron chi connectivity index (χ2n) is 13.1. The number of rotatable bonds is 11. The van der Waals surface area contributed by atoms with E-state index in [2.05, 4.69) is 53.8 Å². The summed E-state index contributed by atoms with van der Waals surface area (Å²) >= 11 is 1.63. The van der Waals surface area contributed by atoms with Gasteiger partial charge >= 0.3 is 0 Å². The number of aryl methyl sites for hydroxylation is 1. The summed E-state index contributed by atoms with van der Waals surface area (Å²) in [6.07, 6.45) is 9.45. The van der Waals surface area contributed by atoms with Crippen molar-refractivity contribution in [3.63, 3.8) is 0 Å². The number of benzene rings is 3. The lowest BCUT2D eigenvalue weighted by molar-refractivity contribution is 0.0101. The number of hydrogen-bond donors (Lipinski definition) is 2. The van der Waals surface area contributed by atoms with Crippen molar-refractivity contribution in [2.45, 2.75) is 63.8 Å². The Kier molecular flexibility index (Phi) is 9.65. The lowest BCUT2D eigenvalue weighted by Crippen LogP contribution is -2.66. The van der Waals surface area contributed by atoms with Crippen molar-refractivity contribution in [2.24, 2.45) is 11.3 Å². The molecule has 1 saturated carbocycles. The first-order valence-electron chi connectivity index (χ1n) is 16.3. The summed E-state index contributed by atoms with van der Waals surface area (Å²) in [7, 11) is 2.13. The first-order chi connectivity index (χ1) is 21.5. The summed E-state index contributed by atoms with van der Waals surface area (Å²) in [6.45, 7) is 6.34. The third-order valence-corrected chi connectivity index (χ3v) is 11.2. The molecule has 6 nitrogen and oxygen atoms in total. The van der Waals surface area contributed by atoms with Gasteiger partial charge in [0.25, 0.3) is 5.91 Å². The molecule has 1 saturated heterocycles. The fraction of sp³-hybridized carbons (Fsp3) is 0.459. The van der Waals surface area contributed by atoms with Crippen LogP contribution in [0.1, 0.15) is 67.9 Å². The van der Waals surface area contributed by atoms with Crippen molar-refractivity contribution >= 4 is 27.5 Å². The summed E-state index contributed by atoms with van der Waals surface area (Å²) in [5.41, 5.74) is 1.82. The number of hydrogen-bond acceptors (Lipinski definition) is 6. The molecule has 0 spiro atoms.